The topological polar surface area (TPSA) is 63.1 Å². The summed E-state index contributed by atoms with van der Waals surface area (Å²) in [5.41, 5.74) is 2.23. The normalized spacial score (nSPS) is 13.9. The molecular formula is C18H23N5OS. The van der Waals surface area contributed by atoms with Crippen molar-refractivity contribution in [3.8, 4) is 5.69 Å². The first kappa shape index (κ1) is 17.5. The van der Waals surface area contributed by atoms with Gasteiger partial charge in [0.05, 0.1) is 11.4 Å². The molecule has 1 N–H and O–H groups in total. The summed E-state index contributed by atoms with van der Waals surface area (Å²) in [5, 5.41) is 12.3. The molecule has 7 heteroatoms. The number of anilines is 1. The molecule has 0 saturated carbocycles. The molecule has 1 aliphatic heterocycles. The Morgan fingerprint density at radius 1 is 1.28 bits per heavy atom. The fraction of sp³-hybridized carbons (Fsp3) is 0.389. The fourth-order valence-corrected chi connectivity index (χ4v) is 3.54. The van der Waals surface area contributed by atoms with Crippen LogP contribution in [0.3, 0.4) is 0 Å². The summed E-state index contributed by atoms with van der Waals surface area (Å²) in [6.07, 6.45) is 4.02. The van der Waals surface area contributed by atoms with E-state index in [0.717, 1.165) is 29.9 Å². The molecule has 0 atom stereocenters. The van der Waals surface area contributed by atoms with Gasteiger partial charge in [0.25, 0.3) is 0 Å². The summed E-state index contributed by atoms with van der Waals surface area (Å²) < 4.78 is 2.05. The van der Waals surface area contributed by atoms with Gasteiger partial charge in [-0.2, -0.15) is 0 Å². The van der Waals surface area contributed by atoms with E-state index in [1.165, 1.54) is 30.2 Å². The summed E-state index contributed by atoms with van der Waals surface area (Å²) in [5.74, 6) is 1.12. The lowest BCUT2D eigenvalue weighted by Crippen LogP contribution is -2.25. The highest BCUT2D eigenvalue weighted by Gasteiger charge is 2.22. The predicted molar refractivity (Wildman–Crippen MR) is 101 cm³/mol. The minimum atomic E-state index is -0.0360. The first-order chi connectivity index (χ1) is 12.2. The molecule has 1 aromatic heterocycles. The third-order valence-corrected chi connectivity index (χ3v) is 5.00. The summed E-state index contributed by atoms with van der Waals surface area (Å²) in [6.45, 7) is 8.14. The molecule has 0 aliphatic carbocycles. The van der Waals surface area contributed by atoms with Crippen molar-refractivity contribution in [2.24, 2.45) is 0 Å². The maximum absolute atomic E-state index is 11.9. The number of nitrogens with zero attached hydrogens (tertiary/aromatic N) is 4. The van der Waals surface area contributed by atoms with E-state index in [1.54, 1.807) is 6.08 Å². The molecule has 2 aromatic rings. The predicted octanol–water partition coefficient (Wildman–Crippen LogP) is 2.57. The highest BCUT2D eigenvalue weighted by molar-refractivity contribution is 7.99. The number of hydrogen-bond donors (Lipinski definition) is 1. The molecule has 1 fully saturated rings. The van der Waals surface area contributed by atoms with E-state index >= 15 is 0 Å². The summed E-state index contributed by atoms with van der Waals surface area (Å²) in [4.78, 5) is 14.1. The SMILES string of the molecule is C=CCNC(=O)CSc1nnc(N2CCCC2)n1-c1ccc(C)cc1. The quantitative estimate of drug-likeness (QED) is 0.609. The monoisotopic (exact) mass is 357 g/mol. The van der Waals surface area contributed by atoms with Gasteiger partial charge in [0.1, 0.15) is 0 Å². The van der Waals surface area contributed by atoms with Gasteiger partial charge in [-0.3, -0.25) is 9.36 Å². The average Bonchev–Trinajstić information content (AvgIpc) is 3.28. The highest BCUT2D eigenvalue weighted by Crippen LogP contribution is 2.28. The molecule has 1 amide bonds. The maximum Gasteiger partial charge on any atom is 0.232 e. The first-order valence-corrected chi connectivity index (χ1v) is 9.45. The minimum Gasteiger partial charge on any atom is -0.352 e. The van der Waals surface area contributed by atoms with E-state index in [-0.39, 0.29) is 5.91 Å². The standard InChI is InChI=1S/C18H23N5OS/c1-3-10-19-16(24)13-25-18-21-20-17(22-11-4-5-12-22)23(18)15-8-6-14(2)7-9-15/h3,6-9H,1,4-5,10-13H2,2H3,(H,19,24). The smallest absolute Gasteiger partial charge is 0.232 e. The molecule has 2 heterocycles. The van der Waals surface area contributed by atoms with Gasteiger partial charge in [0.2, 0.25) is 11.9 Å². The highest BCUT2D eigenvalue weighted by atomic mass is 32.2. The number of aromatic nitrogens is 3. The number of thioether (sulfide) groups is 1. The lowest BCUT2D eigenvalue weighted by Gasteiger charge is -2.18. The second kappa shape index (κ2) is 8.20. The molecule has 1 aliphatic rings. The lowest BCUT2D eigenvalue weighted by molar-refractivity contribution is -0.118. The van der Waals surface area contributed by atoms with Crippen LogP contribution in [0.4, 0.5) is 5.95 Å². The Balaban J connectivity index is 1.85. The second-order valence-electron chi connectivity index (χ2n) is 6.03. The zero-order chi connectivity index (χ0) is 17.6. The van der Waals surface area contributed by atoms with Gasteiger partial charge in [0, 0.05) is 19.6 Å². The number of carbonyl (C=O) groups excluding carboxylic acids is 1. The maximum atomic E-state index is 11.9. The van der Waals surface area contributed by atoms with Crippen LogP contribution in [0.1, 0.15) is 18.4 Å². The Bertz CT molecular complexity index is 734. The zero-order valence-electron chi connectivity index (χ0n) is 14.4. The van der Waals surface area contributed by atoms with Gasteiger partial charge < -0.3 is 10.2 Å². The third kappa shape index (κ3) is 4.22. The van der Waals surface area contributed by atoms with Crippen molar-refractivity contribution in [3.63, 3.8) is 0 Å². The van der Waals surface area contributed by atoms with Gasteiger partial charge in [-0.05, 0) is 31.9 Å². The van der Waals surface area contributed by atoms with E-state index in [4.69, 9.17) is 0 Å². The van der Waals surface area contributed by atoms with Crippen molar-refractivity contribution in [2.45, 2.75) is 24.9 Å². The van der Waals surface area contributed by atoms with Crippen LogP contribution in [0.15, 0.2) is 42.1 Å². The van der Waals surface area contributed by atoms with E-state index in [0.29, 0.717) is 12.3 Å². The van der Waals surface area contributed by atoms with Crippen molar-refractivity contribution in [3.05, 3.63) is 42.5 Å². The van der Waals surface area contributed by atoms with Gasteiger partial charge in [0.15, 0.2) is 5.16 Å². The van der Waals surface area contributed by atoms with Crippen LogP contribution >= 0.6 is 11.8 Å². The second-order valence-corrected chi connectivity index (χ2v) is 6.97. The Morgan fingerprint density at radius 2 is 2.00 bits per heavy atom. The Hall–Kier alpha value is -2.28. The number of nitrogens with one attached hydrogen (secondary N) is 1. The largest absolute Gasteiger partial charge is 0.352 e. The van der Waals surface area contributed by atoms with Crippen LogP contribution in [0, 0.1) is 6.92 Å². The van der Waals surface area contributed by atoms with E-state index in [2.05, 4.69) is 62.7 Å². The molecule has 1 aromatic carbocycles. The number of carbonyl (C=O) groups is 1. The van der Waals surface area contributed by atoms with Crippen LogP contribution in [0.2, 0.25) is 0 Å². The number of benzene rings is 1. The molecule has 25 heavy (non-hydrogen) atoms. The number of amides is 1. The molecule has 1 saturated heterocycles. The lowest BCUT2D eigenvalue weighted by atomic mass is 10.2. The molecule has 3 rings (SSSR count). The van der Waals surface area contributed by atoms with Crippen LogP contribution in [-0.2, 0) is 4.79 Å². The summed E-state index contributed by atoms with van der Waals surface area (Å²) >= 11 is 1.40. The van der Waals surface area contributed by atoms with Gasteiger partial charge >= 0.3 is 0 Å². The molecule has 0 spiro atoms. The Morgan fingerprint density at radius 3 is 2.68 bits per heavy atom. The van der Waals surface area contributed by atoms with Gasteiger partial charge in [-0.25, -0.2) is 0 Å². The minimum absolute atomic E-state index is 0.0360. The van der Waals surface area contributed by atoms with Crippen LogP contribution in [0.5, 0.6) is 0 Å². The van der Waals surface area contributed by atoms with Crippen LogP contribution in [0.25, 0.3) is 5.69 Å². The fourth-order valence-electron chi connectivity index (χ4n) is 2.76. The Labute approximate surface area is 152 Å². The van der Waals surface area contributed by atoms with E-state index < -0.39 is 0 Å². The number of rotatable bonds is 7. The van der Waals surface area contributed by atoms with Crippen molar-refractivity contribution >= 4 is 23.6 Å². The van der Waals surface area contributed by atoms with Gasteiger partial charge in [-0.1, -0.05) is 35.5 Å². The third-order valence-electron chi connectivity index (χ3n) is 4.07. The van der Waals surface area contributed by atoms with Crippen molar-refractivity contribution < 1.29 is 4.79 Å². The molecule has 132 valence electrons. The van der Waals surface area contributed by atoms with E-state index in [1.807, 2.05) is 0 Å². The van der Waals surface area contributed by atoms with Crippen molar-refractivity contribution in [1.82, 2.24) is 20.1 Å². The molecule has 0 bridgehead atoms. The number of aryl methyl sites for hydroxylation is 1. The number of hydrogen-bond acceptors (Lipinski definition) is 5. The zero-order valence-corrected chi connectivity index (χ0v) is 15.3. The Kier molecular flexibility index (Phi) is 5.75. The van der Waals surface area contributed by atoms with Crippen molar-refractivity contribution in [1.29, 1.82) is 0 Å². The van der Waals surface area contributed by atoms with Crippen molar-refractivity contribution in [2.75, 3.05) is 30.3 Å². The van der Waals surface area contributed by atoms with Crippen LogP contribution < -0.4 is 10.2 Å². The van der Waals surface area contributed by atoms with Crippen LogP contribution in [-0.4, -0.2) is 46.1 Å². The molecular weight excluding hydrogens is 334 g/mol. The average molecular weight is 357 g/mol. The summed E-state index contributed by atoms with van der Waals surface area (Å²) in [6, 6.07) is 8.29. The molecule has 6 nitrogen and oxygen atoms in total. The van der Waals surface area contributed by atoms with E-state index in [9.17, 15) is 4.79 Å². The summed E-state index contributed by atoms with van der Waals surface area (Å²) in [7, 11) is 0. The molecule has 0 unspecified atom stereocenters. The van der Waals surface area contributed by atoms with Gasteiger partial charge in [-0.15, -0.1) is 16.8 Å². The first-order valence-electron chi connectivity index (χ1n) is 8.47. The molecule has 0 radical (unpaired) electrons.